The minimum atomic E-state index is -1.34. The molecule has 2 heteroatoms. The van der Waals surface area contributed by atoms with E-state index < -0.39 is 8.07 Å². The summed E-state index contributed by atoms with van der Waals surface area (Å²) in [7, 11) is -1.34. The van der Waals surface area contributed by atoms with Gasteiger partial charge in [-0.3, -0.25) is 4.90 Å². The first-order chi connectivity index (χ1) is 7.85. The third-order valence-corrected chi connectivity index (χ3v) is 7.81. The molecule has 0 N–H and O–H groups in total. The van der Waals surface area contributed by atoms with Gasteiger partial charge in [0.2, 0.25) is 0 Å². The van der Waals surface area contributed by atoms with E-state index in [1.807, 2.05) is 0 Å². The molecule has 102 valence electrons. The summed E-state index contributed by atoms with van der Waals surface area (Å²) in [4.78, 5) is 2.77. The predicted octanol–water partition coefficient (Wildman–Crippen LogP) is 4.64. The fourth-order valence-corrected chi connectivity index (χ4v) is 5.33. The lowest BCUT2D eigenvalue weighted by molar-refractivity contribution is 0.121. The van der Waals surface area contributed by atoms with Crippen LogP contribution in [0.5, 0.6) is 0 Å². The third kappa shape index (κ3) is 4.25. The normalized spacial score (nSPS) is 17.9. The number of rotatable bonds is 8. The van der Waals surface area contributed by atoms with Crippen molar-refractivity contribution in [1.82, 2.24) is 4.90 Å². The summed E-state index contributed by atoms with van der Waals surface area (Å²) >= 11 is 0. The van der Waals surface area contributed by atoms with Crippen molar-refractivity contribution in [3.8, 4) is 0 Å². The standard InChI is InChI=1S/C15H33NSi/c1-9-13(5)16(14(6)10-2)15(11-3)17(7,8)12-4/h12-15H,4,9-11H2,1-3,5-8H3. The maximum atomic E-state index is 4.09. The van der Waals surface area contributed by atoms with Crippen LogP contribution in [0.3, 0.4) is 0 Å². The zero-order chi connectivity index (χ0) is 13.6. The molecule has 17 heavy (non-hydrogen) atoms. The summed E-state index contributed by atoms with van der Waals surface area (Å²) in [6.45, 7) is 20.7. The molecule has 0 aromatic heterocycles. The van der Waals surface area contributed by atoms with Crippen molar-refractivity contribution in [2.45, 2.75) is 84.7 Å². The average Bonchev–Trinajstić information content (AvgIpc) is 2.33. The van der Waals surface area contributed by atoms with Crippen LogP contribution in [0.4, 0.5) is 0 Å². The van der Waals surface area contributed by atoms with Gasteiger partial charge in [0.1, 0.15) is 0 Å². The van der Waals surface area contributed by atoms with Crippen LogP contribution in [0.1, 0.15) is 53.9 Å². The lowest BCUT2D eigenvalue weighted by Gasteiger charge is -2.45. The van der Waals surface area contributed by atoms with Gasteiger partial charge in [-0.05, 0) is 33.1 Å². The lowest BCUT2D eigenvalue weighted by atomic mass is 10.1. The number of hydrogen-bond acceptors (Lipinski definition) is 1. The van der Waals surface area contributed by atoms with Crippen LogP contribution < -0.4 is 0 Å². The van der Waals surface area contributed by atoms with E-state index in [2.05, 4.69) is 64.9 Å². The quantitative estimate of drug-likeness (QED) is 0.571. The Labute approximate surface area is 110 Å². The summed E-state index contributed by atoms with van der Waals surface area (Å²) < 4.78 is 0. The first-order valence-electron chi connectivity index (χ1n) is 7.26. The van der Waals surface area contributed by atoms with Gasteiger partial charge < -0.3 is 0 Å². The van der Waals surface area contributed by atoms with E-state index >= 15 is 0 Å². The number of nitrogens with zero attached hydrogens (tertiary/aromatic N) is 1. The van der Waals surface area contributed by atoms with E-state index in [-0.39, 0.29) is 0 Å². The summed E-state index contributed by atoms with van der Waals surface area (Å²) in [6.07, 6.45) is 3.73. The molecule has 0 aromatic rings. The molecule has 0 saturated heterocycles. The van der Waals surface area contributed by atoms with E-state index in [9.17, 15) is 0 Å². The van der Waals surface area contributed by atoms with Gasteiger partial charge in [-0.2, -0.15) is 0 Å². The molecule has 0 rings (SSSR count). The van der Waals surface area contributed by atoms with Crippen molar-refractivity contribution in [1.29, 1.82) is 0 Å². The molecule has 0 aliphatic rings. The fraction of sp³-hybridized carbons (Fsp3) is 0.867. The van der Waals surface area contributed by atoms with Crippen LogP contribution in [-0.4, -0.2) is 30.7 Å². The summed E-state index contributed by atoms with van der Waals surface area (Å²) in [5.74, 6) is 0. The summed E-state index contributed by atoms with van der Waals surface area (Å²) in [5.41, 5.74) is 2.99. The predicted molar refractivity (Wildman–Crippen MR) is 83.1 cm³/mol. The Morgan fingerprint density at radius 2 is 1.41 bits per heavy atom. The van der Waals surface area contributed by atoms with Gasteiger partial charge in [0, 0.05) is 17.7 Å². The van der Waals surface area contributed by atoms with Crippen LogP contribution in [-0.2, 0) is 0 Å². The van der Waals surface area contributed by atoms with E-state index in [1.54, 1.807) is 0 Å². The summed E-state index contributed by atoms with van der Waals surface area (Å²) in [5, 5.41) is 0. The van der Waals surface area contributed by atoms with Gasteiger partial charge in [-0.25, -0.2) is 0 Å². The fourth-order valence-electron chi connectivity index (χ4n) is 2.73. The molecule has 1 nitrogen and oxygen atoms in total. The lowest BCUT2D eigenvalue weighted by Crippen LogP contribution is -2.57. The molecule has 0 aliphatic carbocycles. The Bertz CT molecular complexity index is 215. The molecule has 3 atom stereocenters. The highest BCUT2D eigenvalue weighted by Gasteiger charge is 2.35. The largest absolute Gasteiger partial charge is 0.297 e. The van der Waals surface area contributed by atoms with Gasteiger partial charge in [0.25, 0.3) is 0 Å². The highest BCUT2D eigenvalue weighted by Crippen LogP contribution is 2.25. The van der Waals surface area contributed by atoms with E-state index in [0.29, 0.717) is 12.1 Å². The molecule has 0 radical (unpaired) electrons. The average molecular weight is 256 g/mol. The van der Waals surface area contributed by atoms with Gasteiger partial charge in [-0.1, -0.05) is 33.9 Å². The highest BCUT2D eigenvalue weighted by atomic mass is 28.3. The van der Waals surface area contributed by atoms with Gasteiger partial charge >= 0.3 is 0 Å². The zero-order valence-electron chi connectivity index (χ0n) is 13.1. The number of hydrogen-bond donors (Lipinski definition) is 0. The second-order valence-corrected chi connectivity index (χ2v) is 10.6. The molecule has 0 heterocycles. The van der Waals surface area contributed by atoms with Crippen LogP contribution in [0.15, 0.2) is 12.3 Å². The topological polar surface area (TPSA) is 3.24 Å². The molecule has 0 aliphatic heterocycles. The smallest absolute Gasteiger partial charge is 0.0893 e. The maximum absolute atomic E-state index is 4.09. The van der Waals surface area contributed by atoms with Crippen molar-refractivity contribution in [3.63, 3.8) is 0 Å². The molecule has 0 fully saturated rings. The van der Waals surface area contributed by atoms with E-state index in [1.165, 1.54) is 19.3 Å². The Balaban J connectivity index is 5.17. The first kappa shape index (κ1) is 16.9. The first-order valence-corrected chi connectivity index (χ1v) is 10.4. The molecular formula is C15H33NSi. The van der Waals surface area contributed by atoms with Gasteiger partial charge in [0.15, 0.2) is 0 Å². The van der Waals surface area contributed by atoms with Gasteiger partial charge in [-0.15, -0.1) is 12.3 Å². The second kappa shape index (κ2) is 7.37. The SMILES string of the molecule is C=C[Si](C)(C)C(CC)N(C(C)CC)C(C)CC. The van der Waals surface area contributed by atoms with Crippen molar-refractivity contribution < 1.29 is 0 Å². The van der Waals surface area contributed by atoms with Crippen LogP contribution in [0, 0.1) is 0 Å². The Morgan fingerprint density at radius 3 is 1.65 bits per heavy atom. The maximum Gasteiger partial charge on any atom is 0.0893 e. The van der Waals surface area contributed by atoms with E-state index in [4.69, 9.17) is 0 Å². The Morgan fingerprint density at radius 1 is 1.00 bits per heavy atom. The molecule has 0 aromatic carbocycles. The summed E-state index contributed by atoms with van der Waals surface area (Å²) in [6, 6.07) is 1.36. The third-order valence-electron chi connectivity index (χ3n) is 4.33. The molecule has 0 bridgehead atoms. The van der Waals surface area contributed by atoms with Crippen molar-refractivity contribution in [2.75, 3.05) is 0 Å². The van der Waals surface area contributed by atoms with Crippen molar-refractivity contribution in [2.24, 2.45) is 0 Å². The Kier molecular flexibility index (Phi) is 7.34. The monoisotopic (exact) mass is 255 g/mol. The van der Waals surface area contributed by atoms with Crippen LogP contribution >= 0.6 is 0 Å². The zero-order valence-corrected chi connectivity index (χ0v) is 14.1. The minimum Gasteiger partial charge on any atom is -0.297 e. The molecular weight excluding hydrogens is 222 g/mol. The van der Waals surface area contributed by atoms with Crippen molar-refractivity contribution in [3.05, 3.63) is 12.3 Å². The van der Waals surface area contributed by atoms with Crippen LogP contribution in [0.2, 0.25) is 13.1 Å². The highest BCUT2D eigenvalue weighted by molar-refractivity contribution is 6.83. The van der Waals surface area contributed by atoms with Crippen molar-refractivity contribution >= 4 is 8.07 Å². The molecule has 3 unspecified atom stereocenters. The molecule has 0 saturated carbocycles. The second-order valence-electron chi connectivity index (χ2n) is 5.91. The van der Waals surface area contributed by atoms with E-state index in [0.717, 1.165) is 5.67 Å². The molecule has 0 spiro atoms. The van der Waals surface area contributed by atoms with Gasteiger partial charge in [0.05, 0.1) is 8.07 Å². The molecule has 0 amide bonds. The Hall–Kier alpha value is -0.0831. The van der Waals surface area contributed by atoms with Crippen LogP contribution in [0.25, 0.3) is 0 Å². The minimum absolute atomic E-state index is 0.682.